The van der Waals surface area contributed by atoms with Crippen molar-refractivity contribution in [3.05, 3.63) is 88.9 Å². The quantitative estimate of drug-likeness (QED) is 0.333. The van der Waals surface area contributed by atoms with Gasteiger partial charge in [-0.15, -0.1) is 0 Å². The number of nitrogens with one attached hydrogen (secondary N) is 2. The molecule has 1 atom stereocenters. The summed E-state index contributed by atoms with van der Waals surface area (Å²) >= 11 is 6.02. The fourth-order valence-corrected chi connectivity index (χ4v) is 4.08. The second-order valence-corrected chi connectivity index (χ2v) is 9.42. The van der Waals surface area contributed by atoms with Crippen LogP contribution in [0.15, 0.2) is 77.8 Å². The maximum atomic E-state index is 13.3. The Hall–Kier alpha value is -4.37. The summed E-state index contributed by atoms with van der Waals surface area (Å²) in [6.45, 7) is 2.11. The van der Waals surface area contributed by atoms with Crippen LogP contribution in [0.4, 0.5) is 5.69 Å². The smallest absolute Gasteiger partial charge is 0.303 e. The number of carboxylic acid groups (broad SMARTS) is 1. The molecule has 1 aliphatic heterocycles. The van der Waals surface area contributed by atoms with Crippen molar-refractivity contribution in [3.8, 4) is 11.5 Å². The number of carboxylic acids is 1. The van der Waals surface area contributed by atoms with E-state index in [1.807, 2.05) is 42.5 Å². The lowest BCUT2D eigenvalue weighted by atomic mass is 10.1. The fraction of sp³-hybridized carbons (Fsp3) is 0.241. The Balaban J connectivity index is 1.47. The molecular weight excluding hydrogens is 520 g/mol. The standard InChI is InChI=1S/C29H29ClN4O5/c1-2-26(35)33-25-17-31-29(34(28(25)38)18-20-6-9-21(30)10-7-20)32-22-11-13-23(14-12-22)39-24-5-3-4-19(16-24)8-15-27(36)37/h3-7,9-14,16,25H,2,8,15,17-18H2,1H3,(H,31,32)(H,33,35)(H,36,37). The molecule has 1 unspecified atom stereocenters. The van der Waals surface area contributed by atoms with Gasteiger partial charge in [-0.05, 0) is 66.1 Å². The monoisotopic (exact) mass is 548 g/mol. The van der Waals surface area contributed by atoms with Crippen molar-refractivity contribution in [1.82, 2.24) is 10.2 Å². The average molecular weight is 549 g/mol. The van der Waals surface area contributed by atoms with Gasteiger partial charge in [0.15, 0.2) is 0 Å². The van der Waals surface area contributed by atoms with Gasteiger partial charge < -0.3 is 20.5 Å². The minimum Gasteiger partial charge on any atom is -0.481 e. The molecule has 0 aromatic heterocycles. The Bertz CT molecular complexity index is 1360. The van der Waals surface area contributed by atoms with Crippen LogP contribution in [-0.4, -0.2) is 46.3 Å². The molecule has 1 heterocycles. The predicted octanol–water partition coefficient (Wildman–Crippen LogP) is 4.85. The van der Waals surface area contributed by atoms with Crippen LogP contribution in [0.5, 0.6) is 11.5 Å². The third kappa shape index (κ3) is 7.81. The van der Waals surface area contributed by atoms with Crippen LogP contribution in [0.3, 0.4) is 0 Å². The van der Waals surface area contributed by atoms with Crippen molar-refractivity contribution in [1.29, 1.82) is 0 Å². The largest absolute Gasteiger partial charge is 0.481 e. The van der Waals surface area contributed by atoms with Crippen LogP contribution in [0.1, 0.15) is 30.9 Å². The second-order valence-electron chi connectivity index (χ2n) is 8.98. The number of benzene rings is 3. The normalized spacial score (nSPS) is 14.9. The molecule has 0 saturated carbocycles. The van der Waals surface area contributed by atoms with E-state index in [4.69, 9.17) is 21.4 Å². The van der Waals surface area contributed by atoms with Crippen LogP contribution in [0.2, 0.25) is 5.02 Å². The predicted molar refractivity (Wildman–Crippen MR) is 149 cm³/mol. The number of aryl methyl sites for hydroxylation is 1. The first-order chi connectivity index (χ1) is 18.8. The Labute approximate surface area is 231 Å². The van der Waals surface area contributed by atoms with Gasteiger partial charge >= 0.3 is 5.97 Å². The second kappa shape index (κ2) is 12.9. The van der Waals surface area contributed by atoms with E-state index in [9.17, 15) is 14.4 Å². The highest BCUT2D eigenvalue weighted by atomic mass is 35.5. The van der Waals surface area contributed by atoms with E-state index in [0.717, 1.165) is 11.1 Å². The Morgan fingerprint density at radius 3 is 2.49 bits per heavy atom. The van der Waals surface area contributed by atoms with Gasteiger partial charge in [0, 0.05) is 23.6 Å². The van der Waals surface area contributed by atoms with Gasteiger partial charge in [-0.3, -0.25) is 19.3 Å². The van der Waals surface area contributed by atoms with Crippen LogP contribution in [0, 0.1) is 0 Å². The number of halogens is 1. The summed E-state index contributed by atoms with van der Waals surface area (Å²) in [6.07, 6.45) is 0.750. The van der Waals surface area contributed by atoms with Gasteiger partial charge in [0.1, 0.15) is 17.5 Å². The Morgan fingerprint density at radius 2 is 1.79 bits per heavy atom. The summed E-state index contributed by atoms with van der Waals surface area (Å²) in [7, 11) is 0. The fourth-order valence-electron chi connectivity index (χ4n) is 3.96. The van der Waals surface area contributed by atoms with E-state index >= 15 is 0 Å². The number of aliphatic imine (C=N–C) groups is 1. The summed E-state index contributed by atoms with van der Waals surface area (Å²) in [5, 5.41) is 15.5. The molecule has 2 amide bonds. The molecule has 0 fully saturated rings. The Morgan fingerprint density at radius 1 is 1.05 bits per heavy atom. The number of carbonyl (C=O) groups is 3. The van der Waals surface area contributed by atoms with Crippen LogP contribution in [0.25, 0.3) is 0 Å². The molecule has 3 aromatic rings. The summed E-state index contributed by atoms with van der Waals surface area (Å²) in [5.41, 5.74) is 2.43. The zero-order chi connectivity index (χ0) is 27.8. The van der Waals surface area contributed by atoms with Crippen molar-refractivity contribution in [2.75, 3.05) is 11.9 Å². The van der Waals surface area contributed by atoms with Gasteiger partial charge in [0.05, 0.1) is 13.1 Å². The first-order valence-electron chi connectivity index (χ1n) is 12.6. The molecule has 202 valence electrons. The first-order valence-corrected chi connectivity index (χ1v) is 12.9. The number of rotatable bonds is 10. The van der Waals surface area contributed by atoms with E-state index < -0.39 is 12.0 Å². The third-order valence-corrected chi connectivity index (χ3v) is 6.28. The lowest BCUT2D eigenvalue weighted by Gasteiger charge is -2.32. The summed E-state index contributed by atoms with van der Waals surface area (Å²) in [6, 6.07) is 20.9. The molecule has 0 aliphatic carbocycles. The van der Waals surface area contributed by atoms with Crippen LogP contribution >= 0.6 is 11.6 Å². The minimum absolute atomic E-state index is 0.0525. The highest BCUT2D eigenvalue weighted by Crippen LogP contribution is 2.25. The number of amides is 2. The minimum atomic E-state index is -0.846. The van der Waals surface area contributed by atoms with Gasteiger partial charge in [0.2, 0.25) is 11.9 Å². The van der Waals surface area contributed by atoms with Gasteiger partial charge in [0.25, 0.3) is 5.91 Å². The highest BCUT2D eigenvalue weighted by Gasteiger charge is 2.33. The molecule has 0 saturated heterocycles. The number of nitrogens with zero attached hydrogens (tertiary/aromatic N) is 2. The number of guanidine groups is 1. The number of hydrogen-bond acceptors (Lipinski definition) is 6. The van der Waals surface area contributed by atoms with Crippen molar-refractivity contribution >= 4 is 41.0 Å². The number of carbonyl (C=O) groups excluding carboxylic acids is 2. The molecule has 39 heavy (non-hydrogen) atoms. The average Bonchev–Trinajstić information content (AvgIpc) is 2.93. The van der Waals surface area contributed by atoms with Crippen molar-refractivity contribution < 1.29 is 24.2 Å². The molecule has 1 aliphatic rings. The Kier molecular flexibility index (Phi) is 9.17. The van der Waals surface area contributed by atoms with Crippen LogP contribution in [-0.2, 0) is 27.3 Å². The molecule has 3 N–H and O–H groups in total. The van der Waals surface area contributed by atoms with Crippen molar-refractivity contribution in [3.63, 3.8) is 0 Å². The summed E-state index contributed by atoms with van der Waals surface area (Å²) in [4.78, 5) is 42.2. The van der Waals surface area contributed by atoms with E-state index in [0.29, 0.717) is 34.6 Å². The molecule has 0 spiro atoms. The molecule has 0 bridgehead atoms. The SMILES string of the molecule is CCC(=O)NC1CN=C(Nc2ccc(Oc3cccc(CCC(=O)O)c3)cc2)N(Cc2ccc(Cl)cc2)C1=O. The zero-order valence-corrected chi connectivity index (χ0v) is 22.1. The number of ether oxygens (including phenoxy) is 1. The molecule has 9 nitrogen and oxygen atoms in total. The van der Waals surface area contributed by atoms with Crippen molar-refractivity contribution in [2.45, 2.75) is 38.8 Å². The third-order valence-electron chi connectivity index (χ3n) is 6.03. The van der Waals surface area contributed by atoms with Crippen LogP contribution < -0.4 is 15.4 Å². The highest BCUT2D eigenvalue weighted by molar-refractivity contribution is 6.30. The molecule has 3 aromatic carbocycles. The number of anilines is 1. The van der Waals surface area contributed by atoms with E-state index in [2.05, 4.69) is 15.6 Å². The maximum absolute atomic E-state index is 13.3. The molecule has 0 radical (unpaired) electrons. The van der Waals surface area contributed by atoms with E-state index in [1.54, 1.807) is 37.3 Å². The molecule has 10 heteroatoms. The summed E-state index contributed by atoms with van der Waals surface area (Å²) < 4.78 is 5.94. The van der Waals surface area contributed by atoms with Gasteiger partial charge in [-0.1, -0.05) is 42.8 Å². The first kappa shape index (κ1) is 27.7. The van der Waals surface area contributed by atoms with Gasteiger partial charge in [-0.2, -0.15) is 0 Å². The lowest BCUT2D eigenvalue weighted by molar-refractivity contribution is -0.137. The van der Waals surface area contributed by atoms with Gasteiger partial charge in [-0.25, -0.2) is 4.99 Å². The van der Waals surface area contributed by atoms with Crippen molar-refractivity contribution in [2.24, 2.45) is 4.99 Å². The molecular formula is C29H29ClN4O5. The van der Waals surface area contributed by atoms with E-state index in [-0.39, 0.29) is 37.7 Å². The molecule has 4 rings (SSSR count). The topological polar surface area (TPSA) is 120 Å². The number of hydrogen-bond donors (Lipinski definition) is 3. The lowest BCUT2D eigenvalue weighted by Crippen LogP contribution is -2.56. The van der Waals surface area contributed by atoms with E-state index in [1.165, 1.54) is 4.90 Å². The summed E-state index contributed by atoms with van der Waals surface area (Å²) in [5.74, 6) is 0.257. The number of aliphatic carboxylic acids is 1. The maximum Gasteiger partial charge on any atom is 0.303 e. The zero-order valence-electron chi connectivity index (χ0n) is 21.4.